The molecule has 0 bridgehead atoms. The van der Waals surface area contributed by atoms with Gasteiger partial charge in [0.1, 0.15) is 0 Å². The molecule has 1 heteroatoms. The SMILES string of the molecule is CCc1ccc([C@H](C#N)c2ccccc2)cc1. The van der Waals surface area contributed by atoms with Crippen molar-refractivity contribution in [2.75, 3.05) is 0 Å². The number of hydrogen-bond donors (Lipinski definition) is 0. The van der Waals surface area contributed by atoms with Gasteiger partial charge in [0.2, 0.25) is 0 Å². The summed E-state index contributed by atoms with van der Waals surface area (Å²) in [4.78, 5) is 0. The van der Waals surface area contributed by atoms with E-state index in [0.29, 0.717) is 0 Å². The second kappa shape index (κ2) is 5.32. The fraction of sp³-hybridized carbons (Fsp3) is 0.188. The first-order valence-electron chi connectivity index (χ1n) is 5.88. The Morgan fingerprint density at radius 2 is 1.53 bits per heavy atom. The smallest absolute Gasteiger partial charge is 0.0962 e. The van der Waals surface area contributed by atoms with Gasteiger partial charge in [-0.15, -0.1) is 0 Å². The maximum atomic E-state index is 9.31. The third-order valence-corrected chi connectivity index (χ3v) is 2.98. The van der Waals surface area contributed by atoms with Gasteiger partial charge in [-0.2, -0.15) is 5.26 Å². The first kappa shape index (κ1) is 11.4. The number of rotatable bonds is 3. The molecule has 0 aliphatic heterocycles. The van der Waals surface area contributed by atoms with E-state index in [-0.39, 0.29) is 5.92 Å². The number of nitriles is 1. The van der Waals surface area contributed by atoms with Crippen molar-refractivity contribution in [2.45, 2.75) is 19.3 Å². The van der Waals surface area contributed by atoms with Crippen molar-refractivity contribution in [2.24, 2.45) is 0 Å². The number of hydrogen-bond acceptors (Lipinski definition) is 1. The van der Waals surface area contributed by atoms with E-state index in [0.717, 1.165) is 17.5 Å². The van der Waals surface area contributed by atoms with Gasteiger partial charge in [0, 0.05) is 0 Å². The zero-order valence-electron chi connectivity index (χ0n) is 9.93. The minimum atomic E-state index is -0.165. The average molecular weight is 221 g/mol. The van der Waals surface area contributed by atoms with E-state index in [4.69, 9.17) is 0 Å². The second-order valence-corrected chi connectivity index (χ2v) is 4.07. The Hall–Kier alpha value is -2.07. The molecule has 0 spiro atoms. The summed E-state index contributed by atoms with van der Waals surface area (Å²) < 4.78 is 0. The monoisotopic (exact) mass is 221 g/mol. The lowest BCUT2D eigenvalue weighted by molar-refractivity contribution is 1.03. The molecule has 2 rings (SSSR count). The first-order chi connectivity index (χ1) is 8.35. The van der Waals surface area contributed by atoms with E-state index in [1.54, 1.807) is 0 Å². The topological polar surface area (TPSA) is 23.8 Å². The number of benzene rings is 2. The molecular formula is C16H15N. The van der Waals surface area contributed by atoms with Crippen LogP contribution < -0.4 is 0 Å². The molecule has 0 saturated heterocycles. The Morgan fingerprint density at radius 3 is 2.06 bits per heavy atom. The molecule has 0 radical (unpaired) electrons. The normalized spacial score (nSPS) is 11.8. The zero-order valence-corrected chi connectivity index (χ0v) is 9.93. The van der Waals surface area contributed by atoms with Gasteiger partial charge in [0.15, 0.2) is 0 Å². The molecule has 0 aromatic heterocycles. The highest BCUT2D eigenvalue weighted by Crippen LogP contribution is 2.23. The molecule has 1 nitrogen and oxygen atoms in total. The van der Waals surface area contributed by atoms with Gasteiger partial charge < -0.3 is 0 Å². The largest absolute Gasteiger partial charge is 0.197 e. The summed E-state index contributed by atoms with van der Waals surface area (Å²) in [5.74, 6) is -0.165. The van der Waals surface area contributed by atoms with Crippen LogP contribution in [0.1, 0.15) is 29.5 Å². The molecule has 84 valence electrons. The molecule has 2 aromatic carbocycles. The predicted octanol–water partition coefficient (Wildman–Crippen LogP) is 3.90. The summed E-state index contributed by atoms with van der Waals surface area (Å²) in [6, 6.07) is 20.6. The third kappa shape index (κ3) is 2.54. The zero-order chi connectivity index (χ0) is 12.1. The fourth-order valence-electron chi connectivity index (χ4n) is 1.93. The van der Waals surface area contributed by atoms with Gasteiger partial charge in [-0.3, -0.25) is 0 Å². The van der Waals surface area contributed by atoms with Gasteiger partial charge in [-0.1, -0.05) is 61.5 Å². The molecule has 1 atom stereocenters. The lowest BCUT2D eigenvalue weighted by Gasteiger charge is -2.10. The quantitative estimate of drug-likeness (QED) is 0.771. The Balaban J connectivity index is 2.33. The highest BCUT2D eigenvalue weighted by Gasteiger charge is 2.12. The van der Waals surface area contributed by atoms with E-state index >= 15 is 0 Å². The molecule has 0 fully saturated rings. The van der Waals surface area contributed by atoms with Gasteiger partial charge >= 0.3 is 0 Å². The third-order valence-electron chi connectivity index (χ3n) is 2.98. The molecule has 0 heterocycles. The van der Waals surface area contributed by atoms with Crippen LogP contribution in [0.2, 0.25) is 0 Å². The molecule has 0 N–H and O–H groups in total. The first-order valence-corrected chi connectivity index (χ1v) is 5.88. The summed E-state index contributed by atoms with van der Waals surface area (Å²) >= 11 is 0. The predicted molar refractivity (Wildman–Crippen MR) is 69.7 cm³/mol. The Bertz CT molecular complexity index is 505. The molecule has 0 saturated carbocycles. The molecule has 0 aliphatic carbocycles. The molecule has 0 aliphatic rings. The van der Waals surface area contributed by atoms with Crippen LogP contribution in [0.4, 0.5) is 0 Å². The molecule has 0 amide bonds. The number of aryl methyl sites for hydroxylation is 1. The van der Waals surface area contributed by atoms with Gasteiger partial charge in [-0.25, -0.2) is 0 Å². The van der Waals surface area contributed by atoms with Gasteiger partial charge in [-0.05, 0) is 23.1 Å². The van der Waals surface area contributed by atoms with Crippen LogP contribution >= 0.6 is 0 Å². The second-order valence-electron chi connectivity index (χ2n) is 4.07. The lowest BCUT2D eigenvalue weighted by Crippen LogP contribution is -1.98. The minimum Gasteiger partial charge on any atom is -0.197 e. The highest BCUT2D eigenvalue weighted by atomic mass is 14.3. The van der Waals surface area contributed by atoms with Crippen LogP contribution in [0.25, 0.3) is 0 Å². The van der Waals surface area contributed by atoms with Crippen LogP contribution in [-0.4, -0.2) is 0 Å². The highest BCUT2D eigenvalue weighted by molar-refractivity contribution is 5.38. The van der Waals surface area contributed by atoms with Crippen molar-refractivity contribution in [3.63, 3.8) is 0 Å². The van der Waals surface area contributed by atoms with Crippen molar-refractivity contribution in [3.8, 4) is 6.07 Å². The van der Waals surface area contributed by atoms with E-state index < -0.39 is 0 Å². The Labute approximate surface area is 102 Å². The maximum absolute atomic E-state index is 9.31. The summed E-state index contributed by atoms with van der Waals surface area (Å²) in [5, 5.41) is 9.31. The van der Waals surface area contributed by atoms with Crippen LogP contribution in [0.3, 0.4) is 0 Å². The summed E-state index contributed by atoms with van der Waals surface area (Å²) in [6.07, 6.45) is 1.03. The van der Waals surface area contributed by atoms with Crippen molar-refractivity contribution in [1.29, 1.82) is 5.26 Å². The van der Waals surface area contributed by atoms with Gasteiger partial charge in [0.25, 0.3) is 0 Å². The van der Waals surface area contributed by atoms with E-state index in [1.807, 2.05) is 30.3 Å². The van der Waals surface area contributed by atoms with Crippen LogP contribution in [0.15, 0.2) is 54.6 Å². The van der Waals surface area contributed by atoms with E-state index in [1.165, 1.54) is 5.56 Å². The van der Waals surface area contributed by atoms with E-state index in [9.17, 15) is 5.26 Å². The van der Waals surface area contributed by atoms with Crippen molar-refractivity contribution >= 4 is 0 Å². The molecule has 17 heavy (non-hydrogen) atoms. The maximum Gasteiger partial charge on any atom is 0.0962 e. The van der Waals surface area contributed by atoms with Gasteiger partial charge in [0.05, 0.1) is 12.0 Å². The van der Waals surface area contributed by atoms with E-state index in [2.05, 4.69) is 37.3 Å². The minimum absolute atomic E-state index is 0.165. The van der Waals surface area contributed by atoms with Crippen molar-refractivity contribution < 1.29 is 0 Å². The Morgan fingerprint density at radius 1 is 0.941 bits per heavy atom. The molecular weight excluding hydrogens is 206 g/mol. The van der Waals surface area contributed by atoms with Crippen LogP contribution in [0, 0.1) is 11.3 Å². The fourth-order valence-corrected chi connectivity index (χ4v) is 1.93. The average Bonchev–Trinajstić information content (AvgIpc) is 2.42. The summed E-state index contributed by atoms with van der Waals surface area (Å²) in [7, 11) is 0. The van der Waals surface area contributed by atoms with Crippen molar-refractivity contribution in [1.82, 2.24) is 0 Å². The Kier molecular flexibility index (Phi) is 3.57. The molecule has 0 unspecified atom stereocenters. The van der Waals surface area contributed by atoms with Crippen LogP contribution in [-0.2, 0) is 6.42 Å². The number of nitrogens with zero attached hydrogens (tertiary/aromatic N) is 1. The lowest BCUT2D eigenvalue weighted by atomic mass is 9.92. The van der Waals surface area contributed by atoms with Crippen molar-refractivity contribution in [3.05, 3.63) is 71.3 Å². The standard InChI is InChI=1S/C16H15N/c1-2-13-8-10-15(11-9-13)16(12-17)14-6-4-3-5-7-14/h3-11,16H,2H2,1H3/t16-/m1/s1. The summed E-state index contributed by atoms with van der Waals surface area (Å²) in [5.41, 5.74) is 3.42. The van der Waals surface area contributed by atoms with Crippen LogP contribution in [0.5, 0.6) is 0 Å². The summed E-state index contributed by atoms with van der Waals surface area (Å²) in [6.45, 7) is 2.13. The molecule has 2 aromatic rings.